The third-order valence-electron chi connectivity index (χ3n) is 2.20. The molecule has 0 aromatic heterocycles. The average Bonchev–Trinajstić information content (AvgIpc) is 2.64. The van der Waals surface area contributed by atoms with Crippen LogP contribution in [0.25, 0.3) is 0 Å². The molecule has 1 unspecified atom stereocenters. The van der Waals surface area contributed by atoms with Crippen molar-refractivity contribution in [1.29, 1.82) is 0 Å². The minimum absolute atomic E-state index is 0.117. The number of amides is 1. The zero-order valence-electron chi connectivity index (χ0n) is 8.14. The lowest BCUT2D eigenvalue weighted by Gasteiger charge is -2.09. The van der Waals surface area contributed by atoms with Crippen LogP contribution < -0.4 is 10.6 Å². The van der Waals surface area contributed by atoms with E-state index in [4.69, 9.17) is 0 Å². The summed E-state index contributed by atoms with van der Waals surface area (Å²) >= 11 is 2.04. The van der Waals surface area contributed by atoms with Crippen molar-refractivity contribution >= 4 is 17.7 Å². The van der Waals surface area contributed by atoms with Crippen molar-refractivity contribution in [1.82, 2.24) is 10.6 Å². The molecule has 1 aliphatic rings. The highest BCUT2D eigenvalue weighted by Gasteiger charge is 2.14. The maximum atomic E-state index is 10.9. The molecule has 0 saturated carbocycles. The fourth-order valence-electron chi connectivity index (χ4n) is 1.40. The normalized spacial score (nSPS) is 21.8. The summed E-state index contributed by atoms with van der Waals surface area (Å²) in [7, 11) is 1.68. The van der Waals surface area contributed by atoms with E-state index in [2.05, 4.69) is 10.6 Å². The number of carbonyl (C=O) groups is 1. The van der Waals surface area contributed by atoms with Gasteiger partial charge in [-0.2, -0.15) is 11.8 Å². The molecule has 1 aliphatic heterocycles. The van der Waals surface area contributed by atoms with Crippen LogP contribution in [0.2, 0.25) is 0 Å². The number of hydrogen-bond acceptors (Lipinski definition) is 3. The predicted octanol–water partition coefficient (Wildman–Crippen LogP) is 0.608. The molecule has 76 valence electrons. The first kappa shape index (κ1) is 10.9. The predicted molar refractivity (Wildman–Crippen MR) is 57.0 cm³/mol. The Morgan fingerprint density at radius 3 is 3.08 bits per heavy atom. The second-order valence-electron chi connectivity index (χ2n) is 3.26. The molecule has 1 amide bonds. The van der Waals surface area contributed by atoms with Gasteiger partial charge in [-0.15, -0.1) is 0 Å². The van der Waals surface area contributed by atoms with Gasteiger partial charge >= 0.3 is 0 Å². The number of hydrogen-bond donors (Lipinski definition) is 2. The molecular weight excluding hydrogens is 184 g/mol. The molecule has 0 aromatic carbocycles. The van der Waals surface area contributed by atoms with Gasteiger partial charge in [0.1, 0.15) is 0 Å². The molecule has 0 aromatic rings. The molecule has 3 nitrogen and oxygen atoms in total. The standard InChI is InChI=1S/C9H18N2OS/c1-10-9(12)4-5-11-7-8-3-2-6-13-8/h8,11H,2-7H2,1H3,(H,10,12). The Hall–Kier alpha value is -0.220. The van der Waals surface area contributed by atoms with Crippen LogP contribution >= 0.6 is 11.8 Å². The average molecular weight is 202 g/mol. The first-order chi connectivity index (χ1) is 6.33. The monoisotopic (exact) mass is 202 g/mol. The van der Waals surface area contributed by atoms with Crippen molar-refractivity contribution in [2.75, 3.05) is 25.9 Å². The Kier molecular flexibility index (Phi) is 5.23. The summed E-state index contributed by atoms with van der Waals surface area (Å²) in [6, 6.07) is 0. The minimum atomic E-state index is 0.117. The fourth-order valence-corrected chi connectivity index (χ4v) is 2.63. The zero-order valence-corrected chi connectivity index (χ0v) is 8.95. The van der Waals surface area contributed by atoms with Gasteiger partial charge in [0.25, 0.3) is 0 Å². The van der Waals surface area contributed by atoms with E-state index in [0.29, 0.717) is 6.42 Å². The molecule has 4 heteroatoms. The molecule has 13 heavy (non-hydrogen) atoms. The first-order valence-electron chi connectivity index (χ1n) is 4.86. The highest BCUT2D eigenvalue weighted by atomic mass is 32.2. The Morgan fingerprint density at radius 2 is 2.46 bits per heavy atom. The van der Waals surface area contributed by atoms with Gasteiger partial charge < -0.3 is 10.6 Å². The number of rotatable bonds is 5. The fraction of sp³-hybridized carbons (Fsp3) is 0.889. The number of thioether (sulfide) groups is 1. The second-order valence-corrected chi connectivity index (χ2v) is 4.67. The Balaban J connectivity index is 1.91. The largest absolute Gasteiger partial charge is 0.359 e. The minimum Gasteiger partial charge on any atom is -0.359 e. The maximum absolute atomic E-state index is 10.9. The summed E-state index contributed by atoms with van der Waals surface area (Å²) in [5, 5.41) is 6.70. The van der Waals surface area contributed by atoms with E-state index in [-0.39, 0.29) is 5.91 Å². The van der Waals surface area contributed by atoms with Crippen LogP contribution in [0.4, 0.5) is 0 Å². The van der Waals surface area contributed by atoms with Crippen molar-refractivity contribution in [3.63, 3.8) is 0 Å². The lowest BCUT2D eigenvalue weighted by Crippen LogP contribution is -2.28. The van der Waals surface area contributed by atoms with Crippen LogP contribution in [0.3, 0.4) is 0 Å². The summed E-state index contributed by atoms with van der Waals surface area (Å²) in [4.78, 5) is 10.9. The smallest absolute Gasteiger partial charge is 0.221 e. The molecule has 1 fully saturated rings. The topological polar surface area (TPSA) is 41.1 Å². The van der Waals surface area contributed by atoms with Crippen LogP contribution in [0.5, 0.6) is 0 Å². The Morgan fingerprint density at radius 1 is 1.62 bits per heavy atom. The van der Waals surface area contributed by atoms with Crippen LogP contribution in [-0.2, 0) is 4.79 Å². The van der Waals surface area contributed by atoms with Crippen molar-refractivity contribution < 1.29 is 4.79 Å². The van der Waals surface area contributed by atoms with E-state index < -0.39 is 0 Å². The molecule has 0 bridgehead atoms. The van der Waals surface area contributed by atoms with Crippen LogP contribution in [0.15, 0.2) is 0 Å². The van der Waals surface area contributed by atoms with Gasteiger partial charge in [-0.3, -0.25) is 4.79 Å². The quantitative estimate of drug-likeness (QED) is 0.642. The van der Waals surface area contributed by atoms with Gasteiger partial charge in [0.05, 0.1) is 0 Å². The highest BCUT2D eigenvalue weighted by molar-refractivity contribution is 8.00. The van der Waals surface area contributed by atoms with Crippen molar-refractivity contribution in [2.24, 2.45) is 0 Å². The molecule has 0 radical (unpaired) electrons. The van der Waals surface area contributed by atoms with Gasteiger partial charge in [-0.1, -0.05) is 0 Å². The molecule has 1 saturated heterocycles. The van der Waals surface area contributed by atoms with Gasteiger partial charge in [-0.25, -0.2) is 0 Å². The van der Waals surface area contributed by atoms with E-state index in [1.165, 1.54) is 18.6 Å². The van der Waals surface area contributed by atoms with Gasteiger partial charge in [-0.05, 0) is 18.6 Å². The number of nitrogens with one attached hydrogen (secondary N) is 2. The van der Waals surface area contributed by atoms with Crippen molar-refractivity contribution in [2.45, 2.75) is 24.5 Å². The summed E-state index contributed by atoms with van der Waals surface area (Å²) in [5.41, 5.74) is 0. The lowest BCUT2D eigenvalue weighted by atomic mass is 10.2. The van der Waals surface area contributed by atoms with E-state index in [9.17, 15) is 4.79 Å². The molecule has 0 aliphatic carbocycles. The summed E-state index contributed by atoms with van der Waals surface area (Å²) in [5.74, 6) is 1.42. The zero-order chi connectivity index (χ0) is 9.52. The highest BCUT2D eigenvalue weighted by Crippen LogP contribution is 2.24. The van der Waals surface area contributed by atoms with E-state index in [1.807, 2.05) is 11.8 Å². The lowest BCUT2D eigenvalue weighted by molar-refractivity contribution is -0.120. The Bertz CT molecular complexity index is 158. The molecule has 1 heterocycles. The third-order valence-corrected chi connectivity index (χ3v) is 3.60. The Labute approximate surface area is 84.0 Å². The van der Waals surface area contributed by atoms with Crippen LogP contribution in [-0.4, -0.2) is 37.0 Å². The summed E-state index contributed by atoms with van der Waals surface area (Å²) in [6.07, 6.45) is 3.28. The second kappa shape index (κ2) is 6.27. The van der Waals surface area contributed by atoms with Crippen LogP contribution in [0, 0.1) is 0 Å². The molecular formula is C9H18N2OS. The SMILES string of the molecule is CNC(=O)CCNCC1CCCS1. The van der Waals surface area contributed by atoms with Gasteiger partial charge in [0.2, 0.25) is 5.91 Å². The van der Waals surface area contributed by atoms with Crippen molar-refractivity contribution in [3.8, 4) is 0 Å². The maximum Gasteiger partial charge on any atom is 0.221 e. The summed E-state index contributed by atoms with van der Waals surface area (Å²) < 4.78 is 0. The molecule has 1 atom stereocenters. The molecule has 0 spiro atoms. The summed E-state index contributed by atoms with van der Waals surface area (Å²) in [6.45, 7) is 1.86. The van der Waals surface area contributed by atoms with Gasteiger partial charge in [0, 0.05) is 31.8 Å². The van der Waals surface area contributed by atoms with Gasteiger partial charge in [0.15, 0.2) is 0 Å². The number of carbonyl (C=O) groups excluding carboxylic acids is 1. The van der Waals surface area contributed by atoms with Crippen LogP contribution in [0.1, 0.15) is 19.3 Å². The third kappa shape index (κ3) is 4.52. The van der Waals surface area contributed by atoms with E-state index in [0.717, 1.165) is 18.3 Å². The molecule has 1 rings (SSSR count). The van der Waals surface area contributed by atoms with E-state index in [1.54, 1.807) is 7.05 Å². The first-order valence-corrected chi connectivity index (χ1v) is 5.90. The molecule has 2 N–H and O–H groups in total. The van der Waals surface area contributed by atoms with E-state index >= 15 is 0 Å². The van der Waals surface area contributed by atoms with Crippen molar-refractivity contribution in [3.05, 3.63) is 0 Å².